The van der Waals surface area contributed by atoms with Gasteiger partial charge in [-0.05, 0) is 62.8 Å². The summed E-state index contributed by atoms with van der Waals surface area (Å²) >= 11 is 0. The van der Waals surface area contributed by atoms with Crippen molar-refractivity contribution in [3.05, 3.63) is 71.3 Å². The van der Waals surface area contributed by atoms with Crippen LogP contribution in [0.5, 0.6) is 0 Å². The lowest BCUT2D eigenvalue weighted by Crippen LogP contribution is -2.53. The Morgan fingerprint density at radius 3 is 2.20 bits per heavy atom. The van der Waals surface area contributed by atoms with Gasteiger partial charge in [0.05, 0.1) is 12.1 Å². The number of benzene rings is 2. The summed E-state index contributed by atoms with van der Waals surface area (Å²) < 4.78 is 50.7. The zero-order valence-electron chi connectivity index (χ0n) is 29.6. The van der Waals surface area contributed by atoms with E-state index in [0.29, 0.717) is 70.8 Å². The Morgan fingerprint density at radius 1 is 0.960 bits per heavy atom. The van der Waals surface area contributed by atoms with E-state index in [0.717, 1.165) is 43.4 Å². The van der Waals surface area contributed by atoms with Crippen molar-refractivity contribution < 1.29 is 37.1 Å². The smallest absolute Gasteiger partial charge is 0.353 e. The second-order valence-corrected chi connectivity index (χ2v) is 13.8. The van der Waals surface area contributed by atoms with Crippen molar-refractivity contribution in [2.75, 3.05) is 45.9 Å². The maximum Gasteiger partial charge on any atom is 0.416 e. The summed E-state index contributed by atoms with van der Waals surface area (Å²) in [7, 11) is 0. The number of hydrogen-bond acceptors (Lipinski definition) is 6. The molecule has 0 unspecified atom stereocenters. The monoisotopic (exact) mass is 702 g/mol. The van der Waals surface area contributed by atoms with Crippen LogP contribution in [0.4, 0.5) is 18.0 Å². The number of piperidine rings is 1. The normalized spacial score (nSPS) is 22.4. The van der Waals surface area contributed by atoms with Gasteiger partial charge in [-0.3, -0.25) is 9.63 Å². The topological polar surface area (TPSA) is 83.6 Å². The summed E-state index contributed by atoms with van der Waals surface area (Å²) in [5.41, 5.74) is 0.227. The van der Waals surface area contributed by atoms with Crippen LogP contribution in [0.1, 0.15) is 82.4 Å². The van der Waals surface area contributed by atoms with E-state index in [4.69, 9.17) is 14.3 Å². The first kappa shape index (κ1) is 38.1. The number of nitrogens with one attached hydrogen (secondary N) is 1. The highest BCUT2D eigenvalue weighted by Gasteiger charge is 2.51. The quantitative estimate of drug-likeness (QED) is 0.214. The summed E-state index contributed by atoms with van der Waals surface area (Å²) in [5.74, 6) is 0.422. The van der Waals surface area contributed by atoms with Crippen molar-refractivity contribution in [2.45, 2.75) is 96.4 Å². The number of likely N-dealkylation sites (tertiary alicyclic amines) is 1. The average Bonchev–Trinajstić information content (AvgIpc) is 3.77. The number of carbonyl (C=O) groups is 2. The second-order valence-electron chi connectivity index (χ2n) is 13.8. The zero-order valence-corrected chi connectivity index (χ0v) is 29.6. The molecule has 9 nitrogen and oxygen atoms in total. The molecule has 12 heteroatoms. The third kappa shape index (κ3) is 9.37. The minimum Gasteiger partial charge on any atom is -0.353 e. The molecule has 5 rings (SSSR count). The van der Waals surface area contributed by atoms with Gasteiger partial charge in [0.15, 0.2) is 6.29 Å². The Balaban J connectivity index is 1.26. The summed E-state index contributed by atoms with van der Waals surface area (Å²) in [6, 6.07) is 14.6. The van der Waals surface area contributed by atoms with Gasteiger partial charge in [-0.15, -0.1) is 0 Å². The Kier molecular flexibility index (Phi) is 13.2. The van der Waals surface area contributed by atoms with Gasteiger partial charge in [-0.2, -0.15) is 18.2 Å². The Morgan fingerprint density at radius 2 is 1.60 bits per heavy atom. The van der Waals surface area contributed by atoms with Crippen LogP contribution in [0.25, 0.3) is 0 Å². The highest BCUT2D eigenvalue weighted by Crippen LogP contribution is 2.43. The first-order chi connectivity index (χ1) is 24.0. The average molecular weight is 703 g/mol. The van der Waals surface area contributed by atoms with E-state index in [9.17, 15) is 22.8 Å². The van der Waals surface area contributed by atoms with Crippen molar-refractivity contribution in [2.24, 2.45) is 11.8 Å². The van der Waals surface area contributed by atoms with Crippen LogP contribution >= 0.6 is 0 Å². The fourth-order valence-electron chi connectivity index (χ4n) is 7.70. The van der Waals surface area contributed by atoms with Crippen molar-refractivity contribution in [3.63, 3.8) is 0 Å². The minimum atomic E-state index is -4.42. The van der Waals surface area contributed by atoms with Gasteiger partial charge in [0.2, 0.25) is 5.91 Å². The molecule has 0 bridgehead atoms. The molecule has 1 saturated carbocycles. The third-order valence-corrected chi connectivity index (χ3v) is 10.4. The Hall–Kier alpha value is -3.19. The van der Waals surface area contributed by atoms with Crippen LogP contribution in [-0.4, -0.2) is 85.1 Å². The number of nitrogens with zero attached hydrogens (tertiary/aromatic N) is 3. The molecule has 2 heterocycles. The zero-order chi connectivity index (χ0) is 35.7. The third-order valence-electron chi connectivity index (χ3n) is 10.4. The molecule has 276 valence electrons. The molecule has 1 aliphatic carbocycles. The molecule has 0 radical (unpaired) electrons. The predicted octanol–water partition coefficient (Wildman–Crippen LogP) is 6.97. The van der Waals surface area contributed by atoms with Gasteiger partial charge in [0.1, 0.15) is 5.60 Å². The van der Waals surface area contributed by atoms with Crippen molar-refractivity contribution in [1.82, 2.24) is 20.2 Å². The van der Waals surface area contributed by atoms with E-state index < -0.39 is 23.6 Å². The molecular weight excluding hydrogens is 649 g/mol. The molecular formula is C38H53F3N4O5. The molecule has 3 fully saturated rings. The van der Waals surface area contributed by atoms with Gasteiger partial charge in [0.25, 0.3) is 0 Å². The number of rotatable bonds is 14. The molecule has 50 heavy (non-hydrogen) atoms. The number of amides is 3. The maximum absolute atomic E-state index is 13.7. The molecule has 3 amide bonds. The molecule has 2 aliphatic heterocycles. The van der Waals surface area contributed by atoms with Gasteiger partial charge in [-0.25, -0.2) is 4.79 Å². The van der Waals surface area contributed by atoms with Crippen LogP contribution in [-0.2, 0) is 37.4 Å². The lowest BCUT2D eigenvalue weighted by Gasteiger charge is -2.43. The van der Waals surface area contributed by atoms with Crippen LogP contribution < -0.4 is 5.32 Å². The Bertz CT molecular complexity index is 1360. The van der Waals surface area contributed by atoms with Crippen molar-refractivity contribution in [3.8, 4) is 0 Å². The van der Waals surface area contributed by atoms with Crippen LogP contribution in [0.2, 0.25) is 0 Å². The van der Waals surface area contributed by atoms with E-state index in [1.54, 1.807) is 4.90 Å². The van der Waals surface area contributed by atoms with Crippen molar-refractivity contribution >= 4 is 11.9 Å². The van der Waals surface area contributed by atoms with Gasteiger partial charge < -0.3 is 24.6 Å². The first-order valence-electron chi connectivity index (χ1n) is 18.3. The van der Waals surface area contributed by atoms with Gasteiger partial charge in [0, 0.05) is 70.2 Å². The predicted molar refractivity (Wildman–Crippen MR) is 184 cm³/mol. The summed E-state index contributed by atoms with van der Waals surface area (Å²) in [5, 5.41) is 4.93. The molecule has 2 saturated heterocycles. The maximum atomic E-state index is 13.7. The van der Waals surface area contributed by atoms with E-state index >= 15 is 0 Å². The minimum absolute atomic E-state index is 0.0783. The summed E-state index contributed by atoms with van der Waals surface area (Å²) in [6.45, 7) is 9.73. The van der Waals surface area contributed by atoms with E-state index in [1.165, 1.54) is 12.1 Å². The summed E-state index contributed by atoms with van der Waals surface area (Å²) in [4.78, 5) is 38.0. The van der Waals surface area contributed by atoms with Crippen LogP contribution in [0.3, 0.4) is 0 Å². The number of ether oxygens (including phenoxy) is 2. The largest absolute Gasteiger partial charge is 0.416 e. The van der Waals surface area contributed by atoms with Gasteiger partial charge >= 0.3 is 12.2 Å². The van der Waals surface area contributed by atoms with E-state index in [1.807, 2.05) is 42.0 Å². The molecule has 0 spiro atoms. The first-order valence-corrected chi connectivity index (χ1v) is 18.3. The molecule has 1 N–H and O–H groups in total. The van der Waals surface area contributed by atoms with E-state index in [-0.39, 0.29) is 36.4 Å². The van der Waals surface area contributed by atoms with Crippen molar-refractivity contribution in [1.29, 1.82) is 0 Å². The number of urea groups is 1. The standard InChI is InChI=1S/C38H53F3N4O5/c1-4-48-34(49-5-2)21-24-45(36(47)42-25-29-15-17-32(18-16-29)38(39,40)41)33-19-22-44(23-20-33)50-37(31-13-7-6-8-14-31)27-43(26-28(37)3)35(46)30-11-9-10-12-30/h6-8,13-18,28,30,33-34H,4-5,9-12,19-27H2,1-3H3,(H,42,47)/t28-,37+/m0/s1. The fraction of sp³-hybridized carbons (Fsp3) is 0.632. The summed E-state index contributed by atoms with van der Waals surface area (Å²) in [6.07, 6.45) is 1.05. The SMILES string of the molecule is CCOC(CCN(C(=O)NCc1ccc(C(F)(F)F)cc1)C1CCN(O[C@]2(c3ccccc3)CN(C(=O)C3CCCC3)C[C@@H]2C)CC1)OCC. The lowest BCUT2D eigenvalue weighted by atomic mass is 9.85. The van der Waals surface area contributed by atoms with E-state index in [2.05, 4.69) is 24.4 Å². The number of carbonyl (C=O) groups excluding carboxylic acids is 2. The molecule has 3 aliphatic rings. The highest BCUT2D eigenvalue weighted by molar-refractivity contribution is 5.79. The van der Waals surface area contributed by atoms with Crippen LogP contribution in [0, 0.1) is 11.8 Å². The number of hydrogen-bond donors (Lipinski definition) is 1. The van der Waals surface area contributed by atoms with Gasteiger partial charge in [-0.1, -0.05) is 62.2 Å². The number of alkyl halides is 3. The molecule has 2 aromatic rings. The molecule has 0 aromatic heterocycles. The fourth-order valence-corrected chi connectivity index (χ4v) is 7.70. The number of hydroxylamine groups is 2. The molecule has 2 aromatic carbocycles. The Labute approximate surface area is 294 Å². The molecule has 2 atom stereocenters. The second kappa shape index (κ2) is 17.4. The van der Waals surface area contributed by atoms with Crippen LogP contribution in [0.15, 0.2) is 54.6 Å². The number of halogens is 3. The lowest BCUT2D eigenvalue weighted by molar-refractivity contribution is -0.268. The highest BCUT2D eigenvalue weighted by atomic mass is 19.4.